The highest BCUT2D eigenvalue weighted by Crippen LogP contribution is 2.31. The molecule has 1 unspecified atom stereocenters. The number of halogens is 1. The van der Waals surface area contributed by atoms with Gasteiger partial charge in [0, 0.05) is 11.6 Å². The summed E-state index contributed by atoms with van der Waals surface area (Å²) in [6, 6.07) is 12.4. The van der Waals surface area contributed by atoms with E-state index in [-0.39, 0.29) is 18.6 Å². The smallest absolute Gasteiger partial charge is 0.258 e. The van der Waals surface area contributed by atoms with Gasteiger partial charge in [0.15, 0.2) is 18.1 Å². The standard InChI is InChI=1S/C21H21ClN2O4/c1-13(14-6-8-17(26-2)19(11-14)27-3)24-20(25)12-28-18-9-7-16(22)15-5-4-10-23-21(15)18/h4-11,13H,12H2,1-3H3,(H,24,25). The molecule has 1 aromatic heterocycles. The molecule has 6 nitrogen and oxygen atoms in total. The van der Waals surface area contributed by atoms with Crippen molar-refractivity contribution in [3.8, 4) is 17.2 Å². The predicted octanol–water partition coefficient (Wildman–Crippen LogP) is 4.16. The first-order chi connectivity index (χ1) is 13.5. The number of amides is 1. The zero-order valence-electron chi connectivity index (χ0n) is 15.9. The molecule has 0 bridgehead atoms. The molecule has 1 N–H and O–H groups in total. The lowest BCUT2D eigenvalue weighted by atomic mass is 10.1. The summed E-state index contributed by atoms with van der Waals surface area (Å²) in [6.45, 7) is 1.75. The van der Waals surface area contributed by atoms with Gasteiger partial charge in [0.25, 0.3) is 5.91 Å². The lowest BCUT2D eigenvalue weighted by molar-refractivity contribution is -0.123. The molecule has 7 heteroatoms. The molecule has 146 valence electrons. The van der Waals surface area contributed by atoms with Crippen molar-refractivity contribution >= 4 is 28.4 Å². The molecule has 0 aliphatic heterocycles. The van der Waals surface area contributed by atoms with Gasteiger partial charge in [-0.15, -0.1) is 0 Å². The predicted molar refractivity (Wildman–Crippen MR) is 108 cm³/mol. The van der Waals surface area contributed by atoms with Crippen LogP contribution in [0, 0.1) is 0 Å². The van der Waals surface area contributed by atoms with Crippen molar-refractivity contribution in [3.05, 3.63) is 59.2 Å². The minimum atomic E-state index is -0.249. The topological polar surface area (TPSA) is 69.7 Å². The zero-order chi connectivity index (χ0) is 20.1. The summed E-state index contributed by atoms with van der Waals surface area (Å²) in [5.41, 5.74) is 1.51. The number of hydrogen-bond donors (Lipinski definition) is 1. The van der Waals surface area contributed by atoms with Gasteiger partial charge in [-0.2, -0.15) is 0 Å². The van der Waals surface area contributed by atoms with Gasteiger partial charge in [0.1, 0.15) is 11.3 Å². The Morgan fingerprint density at radius 1 is 1.11 bits per heavy atom. The van der Waals surface area contributed by atoms with Gasteiger partial charge < -0.3 is 19.5 Å². The molecule has 3 aromatic rings. The van der Waals surface area contributed by atoms with Crippen molar-refractivity contribution in [2.45, 2.75) is 13.0 Å². The number of aromatic nitrogens is 1. The Kier molecular flexibility index (Phi) is 6.21. The van der Waals surface area contributed by atoms with E-state index in [1.807, 2.05) is 25.1 Å². The first kappa shape index (κ1) is 19.8. The summed E-state index contributed by atoms with van der Waals surface area (Å²) in [6.07, 6.45) is 1.66. The van der Waals surface area contributed by atoms with Gasteiger partial charge >= 0.3 is 0 Å². The first-order valence-corrected chi connectivity index (χ1v) is 9.08. The van der Waals surface area contributed by atoms with Crippen molar-refractivity contribution in [1.82, 2.24) is 10.3 Å². The molecule has 0 saturated carbocycles. The van der Waals surface area contributed by atoms with Crippen LogP contribution in [0.15, 0.2) is 48.7 Å². The van der Waals surface area contributed by atoms with E-state index in [1.54, 1.807) is 44.7 Å². The number of pyridine rings is 1. The number of nitrogens with zero attached hydrogens (tertiary/aromatic N) is 1. The van der Waals surface area contributed by atoms with Crippen molar-refractivity contribution < 1.29 is 19.0 Å². The lowest BCUT2D eigenvalue weighted by Gasteiger charge is -2.17. The third kappa shape index (κ3) is 4.28. The fraction of sp³-hybridized carbons (Fsp3) is 0.238. The van der Waals surface area contributed by atoms with E-state index in [9.17, 15) is 4.79 Å². The molecule has 28 heavy (non-hydrogen) atoms. The summed E-state index contributed by atoms with van der Waals surface area (Å²) in [4.78, 5) is 16.6. The molecule has 0 saturated heterocycles. The lowest BCUT2D eigenvalue weighted by Crippen LogP contribution is -2.31. The van der Waals surface area contributed by atoms with Crippen LogP contribution >= 0.6 is 11.6 Å². The van der Waals surface area contributed by atoms with E-state index < -0.39 is 0 Å². The normalized spacial score (nSPS) is 11.7. The number of hydrogen-bond acceptors (Lipinski definition) is 5. The number of fused-ring (bicyclic) bond motifs is 1. The Morgan fingerprint density at radius 3 is 2.61 bits per heavy atom. The van der Waals surface area contributed by atoms with Crippen molar-refractivity contribution in [2.24, 2.45) is 0 Å². The van der Waals surface area contributed by atoms with Crippen LogP contribution in [0.4, 0.5) is 0 Å². The molecule has 0 aliphatic carbocycles. The zero-order valence-corrected chi connectivity index (χ0v) is 16.6. The van der Waals surface area contributed by atoms with Crippen LogP contribution in [0.25, 0.3) is 10.9 Å². The molecule has 1 atom stereocenters. The Balaban J connectivity index is 1.66. The van der Waals surface area contributed by atoms with Crippen molar-refractivity contribution in [1.29, 1.82) is 0 Å². The maximum atomic E-state index is 12.3. The van der Waals surface area contributed by atoms with Gasteiger partial charge in [-0.05, 0) is 48.9 Å². The third-order valence-corrected chi connectivity index (χ3v) is 4.65. The molecule has 0 aliphatic rings. The fourth-order valence-electron chi connectivity index (χ4n) is 2.86. The highest BCUT2D eigenvalue weighted by atomic mass is 35.5. The molecule has 0 fully saturated rings. The molecule has 0 spiro atoms. The second-order valence-electron chi connectivity index (χ2n) is 6.14. The van der Waals surface area contributed by atoms with Crippen molar-refractivity contribution in [2.75, 3.05) is 20.8 Å². The summed E-state index contributed by atoms with van der Waals surface area (Å²) in [5, 5.41) is 4.27. The van der Waals surface area contributed by atoms with E-state index in [0.717, 1.165) is 10.9 Å². The SMILES string of the molecule is COc1ccc(C(C)NC(=O)COc2ccc(Cl)c3cccnc23)cc1OC. The second kappa shape index (κ2) is 8.80. The Labute approximate surface area is 168 Å². The number of rotatable bonds is 7. The van der Waals surface area contributed by atoms with E-state index in [0.29, 0.717) is 27.8 Å². The van der Waals surface area contributed by atoms with Crippen LogP contribution in [0.2, 0.25) is 5.02 Å². The average Bonchev–Trinajstić information content (AvgIpc) is 2.72. The monoisotopic (exact) mass is 400 g/mol. The minimum absolute atomic E-state index is 0.134. The summed E-state index contributed by atoms with van der Waals surface area (Å²) in [5.74, 6) is 1.50. The quantitative estimate of drug-likeness (QED) is 0.644. The van der Waals surface area contributed by atoms with Gasteiger partial charge in [0.05, 0.1) is 25.3 Å². The molecule has 0 radical (unpaired) electrons. The van der Waals surface area contributed by atoms with Gasteiger partial charge in [0.2, 0.25) is 0 Å². The van der Waals surface area contributed by atoms with Crippen LogP contribution in [0.5, 0.6) is 17.2 Å². The Hall–Kier alpha value is -2.99. The number of carbonyl (C=O) groups is 1. The number of carbonyl (C=O) groups excluding carboxylic acids is 1. The third-order valence-electron chi connectivity index (χ3n) is 4.32. The number of methoxy groups -OCH3 is 2. The first-order valence-electron chi connectivity index (χ1n) is 8.70. The Bertz CT molecular complexity index is 993. The summed E-state index contributed by atoms with van der Waals surface area (Å²) in [7, 11) is 3.15. The highest BCUT2D eigenvalue weighted by molar-refractivity contribution is 6.35. The van der Waals surface area contributed by atoms with Gasteiger partial charge in [-0.1, -0.05) is 17.7 Å². The molecule has 3 rings (SSSR count). The molecule has 2 aromatic carbocycles. The minimum Gasteiger partial charge on any atom is -0.493 e. The molecule has 1 amide bonds. The van der Waals surface area contributed by atoms with Gasteiger partial charge in [-0.25, -0.2) is 0 Å². The van der Waals surface area contributed by atoms with E-state index in [4.69, 9.17) is 25.8 Å². The number of benzene rings is 2. The van der Waals surface area contributed by atoms with Crippen LogP contribution in [0.1, 0.15) is 18.5 Å². The Morgan fingerprint density at radius 2 is 1.86 bits per heavy atom. The average molecular weight is 401 g/mol. The number of nitrogens with one attached hydrogen (secondary N) is 1. The highest BCUT2D eigenvalue weighted by Gasteiger charge is 2.14. The van der Waals surface area contributed by atoms with E-state index in [1.165, 1.54) is 0 Å². The maximum Gasteiger partial charge on any atom is 0.258 e. The van der Waals surface area contributed by atoms with Crippen LogP contribution in [-0.4, -0.2) is 31.7 Å². The van der Waals surface area contributed by atoms with E-state index in [2.05, 4.69) is 10.3 Å². The maximum absolute atomic E-state index is 12.3. The second-order valence-corrected chi connectivity index (χ2v) is 6.54. The van der Waals surface area contributed by atoms with Crippen molar-refractivity contribution in [3.63, 3.8) is 0 Å². The number of ether oxygens (including phenoxy) is 3. The van der Waals surface area contributed by atoms with Crippen LogP contribution in [0.3, 0.4) is 0 Å². The summed E-state index contributed by atoms with van der Waals surface area (Å²) >= 11 is 6.18. The van der Waals surface area contributed by atoms with E-state index >= 15 is 0 Å². The van der Waals surface area contributed by atoms with Crippen LogP contribution in [-0.2, 0) is 4.79 Å². The molecular formula is C21H21ClN2O4. The van der Waals surface area contributed by atoms with Gasteiger partial charge in [-0.3, -0.25) is 9.78 Å². The molecular weight excluding hydrogens is 380 g/mol. The molecule has 1 heterocycles. The fourth-order valence-corrected chi connectivity index (χ4v) is 3.08. The van der Waals surface area contributed by atoms with Crippen LogP contribution < -0.4 is 19.5 Å². The largest absolute Gasteiger partial charge is 0.493 e. The summed E-state index contributed by atoms with van der Waals surface area (Å²) < 4.78 is 16.2.